The van der Waals surface area contributed by atoms with Gasteiger partial charge in [0.2, 0.25) is 0 Å². The molecule has 1 aromatic heterocycles. The quantitative estimate of drug-likeness (QED) is 0.942. The second kappa shape index (κ2) is 7.24. The summed E-state index contributed by atoms with van der Waals surface area (Å²) < 4.78 is 5.24. The zero-order chi connectivity index (χ0) is 16.1. The van der Waals surface area contributed by atoms with Gasteiger partial charge < -0.3 is 10.1 Å². The number of amides is 1. The average Bonchev–Trinajstić information content (AvgIpc) is 3.04. The second-order valence-electron chi connectivity index (χ2n) is 5.70. The molecule has 23 heavy (non-hydrogen) atoms. The molecule has 120 valence electrons. The van der Waals surface area contributed by atoms with Gasteiger partial charge in [-0.3, -0.25) is 9.88 Å². The number of nitrogens with one attached hydrogen (secondary N) is 1. The lowest BCUT2D eigenvalue weighted by Crippen LogP contribution is -2.23. The molecule has 1 unspecified atom stereocenters. The molecular formula is C18H21N3O2. The molecule has 1 aromatic carbocycles. The van der Waals surface area contributed by atoms with E-state index in [4.69, 9.17) is 4.74 Å². The van der Waals surface area contributed by atoms with Crippen LogP contribution in [0.1, 0.15) is 30.0 Å². The summed E-state index contributed by atoms with van der Waals surface area (Å²) >= 11 is 0. The molecule has 3 rings (SSSR count). The number of carbonyl (C=O) groups excluding carboxylic acids is 1. The van der Waals surface area contributed by atoms with Crippen LogP contribution in [0.2, 0.25) is 0 Å². The molecule has 1 aliphatic heterocycles. The number of nitrogens with zero attached hydrogens (tertiary/aromatic N) is 2. The molecule has 1 fully saturated rings. The standard InChI is InChI=1S/C18H21N3O2/c1-19-18(22)23-16-5-2-4-15(12-16)17-6-3-11-21(17)13-14-7-9-20-10-8-14/h2,4-5,7-10,12,17H,3,6,11,13H2,1H3,(H,19,22). The molecule has 2 heterocycles. The van der Waals surface area contributed by atoms with Gasteiger partial charge in [-0.05, 0) is 54.8 Å². The van der Waals surface area contributed by atoms with Gasteiger partial charge >= 0.3 is 6.09 Å². The number of likely N-dealkylation sites (tertiary alicyclic amines) is 1. The zero-order valence-electron chi connectivity index (χ0n) is 13.2. The summed E-state index contributed by atoms with van der Waals surface area (Å²) in [7, 11) is 1.56. The monoisotopic (exact) mass is 311 g/mol. The van der Waals surface area contributed by atoms with E-state index in [1.165, 1.54) is 17.5 Å². The summed E-state index contributed by atoms with van der Waals surface area (Å²) in [5.74, 6) is 0.581. The van der Waals surface area contributed by atoms with Crippen LogP contribution in [0.25, 0.3) is 0 Å². The molecule has 1 N–H and O–H groups in total. The molecule has 0 bridgehead atoms. The maximum Gasteiger partial charge on any atom is 0.412 e. The van der Waals surface area contributed by atoms with Gasteiger partial charge in [-0.2, -0.15) is 0 Å². The molecular weight excluding hydrogens is 290 g/mol. The number of aromatic nitrogens is 1. The van der Waals surface area contributed by atoms with Crippen molar-refractivity contribution in [2.75, 3.05) is 13.6 Å². The van der Waals surface area contributed by atoms with E-state index in [1.54, 1.807) is 13.1 Å². The van der Waals surface area contributed by atoms with E-state index in [-0.39, 0.29) is 0 Å². The molecule has 5 heteroatoms. The van der Waals surface area contributed by atoms with Gasteiger partial charge in [0.15, 0.2) is 0 Å². The van der Waals surface area contributed by atoms with Crippen LogP contribution in [0.15, 0.2) is 48.8 Å². The fourth-order valence-corrected chi connectivity index (χ4v) is 3.06. The summed E-state index contributed by atoms with van der Waals surface area (Å²) in [6.45, 7) is 1.99. The summed E-state index contributed by atoms with van der Waals surface area (Å²) in [4.78, 5) is 17.9. The van der Waals surface area contributed by atoms with Crippen molar-refractivity contribution in [1.29, 1.82) is 0 Å². The van der Waals surface area contributed by atoms with E-state index in [2.05, 4.69) is 33.4 Å². The predicted molar refractivity (Wildman–Crippen MR) is 88.1 cm³/mol. The van der Waals surface area contributed by atoms with E-state index >= 15 is 0 Å². The first-order valence-electron chi connectivity index (χ1n) is 7.89. The Bertz CT molecular complexity index is 660. The van der Waals surface area contributed by atoms with Gasteiger partial charge in [-0.25, -0.2) is 4.79 Å². The smallest absolute Gasteiger partial charge is 0.410 e. The number of hydrogen-bond acceptors (Lipinski definition) is 4. The number of rotatable bonds is 4. The molecule has 0 aliphatic carbocycles. The van der Waals surface area contributed by atoms with Crippen molar-refractivity contribution in [2.45, 2.75) is 25.4 Å². The van der Waals surface area contributed by atoms with E-state index in [0.29, 0.717) is 11.8 Å². The molecule has 0 saturated carbocycles. The first-order valence-corrected chi connectivity index (χ1v) is 7.89. The first kappa shape index (κ1) is 15.5. The van der Waals surface area contributed by atoms with Crippen LogP contribution in [0.4, 0.5) is 4.79 Å². The average molecular weight is 311 g/mol. The summed E-state index contributed by atoms with van der Waals surface area (Å²) in [6, 6.07) is 12.3. The van der Waals surface area contributed by atoms with E-state index in [0.717, 1.165) is 19.5 Å². The van der Waals surface area contributed by atoms with Crippen LogP contribution in [-0.2, 0) is 6.54 Å². The Balaban J connectivity index is 1.74. The maximum absolute atomic E-state index is 11.4. The molecule has 1 amide bonds. The second-order valence-corrected chi connectivity index (χ2v) is 5.70. The summed E-state index contributed by atoms with van der Waals surface area (Å²) in [6.07, 6.45) is 5.52. The van der Waals surface area contributed by atoms with E-state index in [9.17, 15) is 4.79 Å². The highest BCUT2D eigenvalue weighted by molar-refractivity contribution is 5.69. The Labute approximate surface area is 136 Å². The van der Waals surface area contributed by atoms with Crippen LogP contribution in [0.3, 0.4) is 0 Å². The van der Waals surface area contributed by atoms with Crippen molar-refractivity contribution >= 4 is 6.09 Å². The topological polar surface area (TPSA) is 54.5 Å². The molecule has 2 aromatic rings. The van der Waals surface area contributed by atoms with Gasteiger partial charge in [0.25, 0.3) is 0 Å². The van der Waals surface area contributed by atoms with Gasteiger partial charge in [-0.15, -0.1) is 0 Å². The van der Waals surface area contributed by atoms with Gasteiger partial charge in [0.05, 0.1) is 0 Å². The number of pyridine rings is 1. The number of hydrogen-bond donors (Lipinski definition) is 1. The highest BCUT2D eigenvalue weighted by Gasteiger charge is 2.26. The Morgan fingerprint density at radius 1 is 1.35 bits per heavy atom. The third-order valence-corrected chi connectivity index (χ3v) is 4.16. The third-order valence-electron chi connectivity index (χ3n) is 4.16. The van der Waals surface area contributed by atoms with Crippen LogP contribution in [-0.4, -0.2) is 29.6 Å². The van der Waals surface area contributed by atoms with Crippen LogP contribution in [0, 0.1) is 0 Å². The molecule has 1 aliphatic rings. The largest absolute Gasteiger partial charge is 0.412 e. The number of ether oxygens (including phenoxy) is 1. The van der Waals surface area contributed by atoms with Crippen molar-refractivity contribution in [3.05, 3.63) is 59.9 Å². The van der Waals surface area contributed by atoms with Gasteiger partial charge in [0.1, 0.15) is 5.75 Å². The molecule has 1 atom stereocenters. The minimum absolute atomic E-state index is 0.358. The Morgan fingerprint density at radius 3 is 2.96 bits per heavy atom. The van der Waals surface area contributed by atoms with Crippen molar-refractivity contribution in [2.24, 2.45) is 0 Å². The Morgan fingerprint density at radius 2 is 2.17 bits per heavy atom. The van der Waals surface area contributed by atoms with Gasteiger partial charge in [0, 0.05) is 32.0 Å². The predicted octanol–water partition coefficient (Wildman–Crippen LogP) is 3.14. The molecule has 5 nitrogen and oxygen atoms in total. The van der Waals surface area contributed by atoms with Crippen molar-refractivity contribution < 1.29 is 9.53 Å². The van der Waals surface area contributed by atoms with Crippen LogP contribution in [0.5, 0.6) is 5.75 Å². The Hall–Kier alpha value is -2.40. The first-order chi connectivity index (χ1) is 11.3. The lowest BCUT2D eigenvalue weighted by atomic mass is 10.0. The summed E-state index contributed by atoms with van der Waals surface area (Å²) in [5.41, 5.74) is 2.46. The van der Waals surface area contributed by atoms with E-state index < -0.39 is 6.09 Å². The Kier molecular flexibility index (Phi) is 4.88. The molecule has 0 radical (unpaired) electrons. The molecule has 0 spiro atoms. The lowest BCUT2D eigenvalue weighted by Gasteiger charge is -2.25. The normalized spacial score (nSPS) is 17.9. The lowest BCUT2D eigenvalue weighted by molar-refractivity contribution is 0.202. The number of carbonyl (C=O) groups is 1. The van der Waals surface area contributed by atoms with Crippen LogP contribution >= 0.6 is 0 Å². The van der Waals surface area contributed by atoms with Crippen molar-refractivity contribution in [3.8, 4) is 5.75 Å². The minimum atomic E-state index is -0.442. The van der Waals surface area contributed by atoms with Gasteiger partial charge in [-0.1, -0.05) is 12.1 Å². The zero-order valence-corrected chi connectivity index (χ0v) is 13.2. The molecule has 1 saturated heterocycles. The maximum atomic E-state index is 11.4. The highest BCUT2D eigenvalue weighted by atomic mass is 16.5. The van der Waals surface area contributed by atoms with Crippen molar-refractivity contribution in [3.63, 3.8) is 0 Å². The summed E-state index contributed by atoms with van der Waals surface area (Å²) in [5, 5.41) is 2.47. The minimum Gasteiger partial charge on any atom is -0.410 e. The fourth-order valence-electron chi connectivity index (χ4n) is 3.06. The SMILES string of the molecule is CNC(=O)Oc1cccc(C2CCCN2Cc2ccncc2)c1. The van der Waals surface area contributed by atoms with E-state index in [1.807, 2.05) is 24.5 Å². The van der Waals surface area contributed by atoms with Crippen molar-refractivity contribution in [1.82, 2.24) is 15.2 Å². The highest BCUT2D eigenvalue weighted by Crippen LogP contribution is 2.34. The van der Waals surface area contributed by atoms with Crippen LogP contribution < -0.4 is 10.1 Å². The fraction of sp³-hybridized carbons (Fsp3) is 0.333. The number of benzene rings is 1. The third kappa shape index (κ3) is 3.87.